The summed E-state index contributed by atoms with van der Waals surface area (Å²) in [6.07, 6.45) is 1.14. The van der Waals surface area contributed by atoms with Crippen LogP contribution in [0.2, 0.25) is 0 Å². The summed E-state index contributed by atoms with van der Waals surface area (Å²) in [5.74, 6) is -0.444. The fraction of sp³-hybridized carbons (Fsp3) is 0.250. The molecular weight excluding hydrogens is 417 g/mol. The zero-order chi connectivity index (χ0) is 21.0. The summed E-state index contributed by atoms with van der Waals surface area (Å²) in [5, 5.41) is 3.17. The minimum Gasteiger partial charge on any atom is -0.492 e. The molecule has 3 aromatic rings. The molecule has 0 fully saturated rings. The van der Waals surface area contributed by atoms with Gasteiger partial charge in [0.15, 0.2) is 9.84 Å². The summed E-state index contributed by atoms with van der Waals surface area (Å²) in [4.78, 5) is 13.2. The predicted molar refractivity (Wildman–Crippen MR) is 112 cm³/mol. The third-order valence-corrected chi connectivity index (χ3v) is 6.18. The van der Waals surface area contributed by atoms with Crippen LogP contribution >= 0.6 is 11.3 Å². The van der Waals surface area contributed by atoms with Crippen molar-refractivity contribution in [2.75, 3.05) is 31.0 Å². The molecule has 154 valence electrons. The number of fused-ring (bicyclic) bond motifs is 1. The minimum atomic E-state index is -3.12. The number of halogens is 1. The Morgan fingerprint density at radius 1 is 1.21 bits per heavy atom. The minimum absolute atomic E-state index is 0.0177. The lowest BCUT2D eigenvalue weighted by atomic mass is 10.1. The van der Waals surface area contributed by atoms with Crippen LogP contribution in [0.15, 0.2) is 42.5 Å². The first-order valence-corrected chi connectivity index (χ1v) is 11.6. The summed E-state index contributed by atoms with van der Waals surface area (Å²) in [7, 11) is -1.63. The lowest BCUT2D eigenvalue weighted by Crippen LogP contribution is -2.13. The molecule has 0 aliphatic carbocycles. The molecule has 0 spiro atoms. The molecule has 1 aromatic heterocycles. The van der Waals surface area contributed by atoms with E-state index in [0.717, 1.165) is 6.26 Å². The molecular formula is C20H20FNO5S2. The third kappa shape index (κ3) is 5.31. The topological polar surface area (TPSA) is 81.7 Å². The number of benzene rings is 2. The number of hydrogen-bond donors (Lipinski definition) is 1. The first kappa shape index (κ1) is 21.2. The molecule has 2 aromatic carbocycles. The van der Waals surface area contributed by atoms with E-state index in [9.17, 15) is 17.6 Å². The number of thiophene rings is 1. The van der Waals surface area contributed by atoms with E-state index in [1.165, 1.54) is 24.5 Å². The van der Waals surface area contributed by atoms with E-state index in [1.807, 2.05) is 0 Å². The molecule has 9 heteroatoms. The summed E-state index contributed by atoms with van der Waals surface area (Å²) in [5.41, 5.74) is 0.983. The number of sulfone groups is 1. The van der Waals surface area contributed by atoms with Gasteiger partial charge in [-0.2, -0.15) is 0 Å². The molecule has 3 rings (SSSR count). The van der Waals surface area contributed by atoms with Gasteiger partial charge in [0.1, 0.15) is 18.2 Å². The molecule has 0 radical (unpaired) electrons. The second-order valence-electron chi connectivity index (χ2n) is 6.42. The average molecular weight is 438 g/mol. The lowest BCUT2D eigenvalue weighted by molar-refractivity contribution is 0.102. The molecule has 0 saturated heterocycles. The molecule has 1 N–H and O–H groups in total. The second-order valence-corrected chi connectivity index (χ2v) is 9.73. The number of nitrogens with one attached hydrogen (secondary N) is 1. The number of rotatable bonds is 8. The van der Waals surface area contributed by atoms with Crippen LogP contribution < -0.4 is 10.1 Å². The molecule has 1 amide bonds. The number of hydrogen-bond acceptors (Lipinski definition) is 6. The molecule has 1 heterocycles. The van der Waals surface area contributed by atoms with Gasteiger partial charge in [0.05, 0.1) is 17.2 Å². The van der Waals surface area contributed by atoms with Gasteiger partial charge in [-0.3, -0.25) is 4.79 Å². The normalized spacial score (nSPS) is 11.6. The number of methoxy groups -OCH3 is 1. The van der Waals surface area contributed by atoms with Crippen molar-refractivity contribution in [2.24, 2.45) is 0 Å². The van der Waals surface area contributed by atoms with E-state index in [1.54, 1.807) is 36.4 Å². The fourth-order valence-corrected chi connectivity index (χ4v) is 4.30. The van der Waals surface area contributed by atoms with Crippen molar-refractivity contribution in [2.45, 2.75) is 6.61 Å². The Morgan fingerprint density at radius 2 is 1.97 bits per heavy atom. The van der Waals surface area contributed by atoms with Gasteiger partial charge < -0.3 is 14.8 Å². The summed E-state index contributed by atoms with van der Waals surface area (Å²) >= 11 is 1.20. The maximum absolute atomic E-state index is 14.3. The second kappa shape index (κ2) is 8.89. The average Bonchev–Trinajstić information content (AvgIpc) is 3.01. The van der Waals surface area contributed by atoms with E-state index in [4.69, 9.17) is 9.47 Å². The smallest absolute Gasteiger partial charge is 0.266 e. The van der Waals surface area contributed by atoms with E-state index < -0.39 is 15.7 Å². The van der Waals surface area contributed by atoms with E-state index in [2.05, 4.69) is 5.32 Å². The Kier molecular flexibility index (Phi) is 6.51. The van der Waals surface area contributed by atoms with E-state index in [-0.39, 0.29) is 24.9 Å². The lowest BCUT2D eigenvalue weighted by Gasteiger charge is -2.09. The number of amides is 1. The standard InChI is InChI=1S/C20H20FNO5S2/c1-26-12-15-18-16(21)7-4-8-17(18)28-19(15)20(23)22-13-5-3-6-14(11-13)27-9-10-29(2,24)25/h3-8,11H,9-10,12H2,1-2H3,(H,22,23). The van der Waals surface area contributed by atoms with Gasteiger partial charge in [-0.15, -0.1) is 11.3 Å². The van der Waals surface area contributed by atoms with Crippen LogP contribution in [0.1, 0.15) is 15.2 Å². The van der Waals surface area contributed by atoms with Crippen molar-refractivity contribution in [1.82, 2.24) is 0 Å². The summed E-state index contributed by atoms with van der Waals surface area (Å²) in [6, 6.07) is 11.4. The predicted octanol–water partition coefficient (Wildman–Crippen LogP) is 3.86. The third-order valence-electron chi connectivity index (χ3n) is 4.07. The van der Waals surface area contributed by atoms with Crippen LogP contribution in [-0.4, -0.2) is 40.1 Å². The van der Waals surface area contributed by atoms with Gasteiger partial charge in [-0.1, -0.05) is 12.1 Å². The molecule has 0 aliphatic heterocycles. The number of carbonyl (C=O) groups excluding carboxylic acids is 1. The molecule has 0 aliphatic rings. The molecule has 0 bridgehead atoms. The molecule has 6 nitrogen and oxygen atoms in total. The fourth-order valence-electron chi connectivity index (χ4n) is 2.80. The van der Waals surface area contributed by atoms with E-state index >= 15 is 0 Å². The van der Waals surface area contributed by atoms with Crippen molar-refractivity contribution in [3.05, 3.63) is 58.7 Å². The zero-order valence-electron chi connectivity index (χ0n) is 15.9. The maximum atomic E-state index is 14.3. The molecule has 29 heavy (non-hydrogen) atoms. The Morgan fingerprint density at radius 3 is 2.69 bits per heavy atom. The zero-order valence-corrected chi connectivity index (χ0v) is 17.5. The molecule has 0 unspecified atom stereocenters. The highest BCUT2D eigenvalue weighted by Crippen LogP contribution is 2.34. The highest BCUT2D eigenvalue weighted by molar-refractivity contribution is 7.90. The van der Waals surface area contributed by atoms with Gasteiger partial charge >= 0.3 is 0 Å². The van der Waals surface area contributed by atoms with Crippen molar-refractivity contribution in [3.63, 3.8) is 0 Å². The molecule has 0 atom stereocenters. The first-order chi connectivity index (χ1) is 13.8. The highest BCUT2D eigenvalue weighted by atomic mass is 32.2. The van der Waals surface area contributed by atoms with Gasteiger partial charge in [0.25, 0.3) is 5.91 Å². The van der Waals surface area contributed by atoms with Crippen LogP contribution in [0, 0.1) is 5.82 Å². The summed E-state index contributed by atoms with van der Waals surface area (Å²) < 4.78 is 48.0. The van der Waals surface area contributed by atoms with Crippen LogP contribution in [0.5, 0.6) is 5.75 Å². The largest absolute Gasteiger partial charge is 0.492 e. The Bertz CT molecular complexity index is 1140. The number of anilines is 1. The van der Waals surface area contributed by atoms with Gasteiger partial charge in [0, 0.05) is 40.8 Å². The highest BCUT2D eigenvalue weighted by Gasteiger charge is 2.21. The van der Waals surface area contributed by atoms with Gasteiger partial charge in [-0.05, 0) is 24.3 Å². The first-order valence-electron chi connectivity index (χ1n) is 8.69. The Labute approximate surface area is 172 Å². The monoisotopic (exact) mass is 437 g/mol. The van der Waals surface area contributed by atoms with Crippen LogP contribution in [0.3, 0.4) is 0 Å². The number of carbonyl (C=O) groups is 1. The quantitative estimate of drug-likeness (QED) is 0.579. The Balaban J connectivity index is 1.81. The number of ether oxygens (including phenoxy) is 2. The maximum Gasteiger partial charge on any atom is 0.266 e. The van der Waals surface area contributed by atoms with Crippen molar-refractivity contribution >= 4 is 42.9 Å². The van der Waals surface area contributed by atoms with Crippen molar-refractivity contribution < 1.29 is 27.1 Å². The SMILES string of the molecule is COCc1c(C(=O)Nc2cccc(OCCS(C)(=O)=O)c2)sc2cccc(F)c12. The van der Waals surface area contributed by atoms with E-state index in [0.29, 0.717) is 32.0 Å². The van der Waals surface area contributed by atoms with Crippen molar-refractivity contribution in [1.29, 1.82) is 0 Å². The molecule has 0 saturated carbocycles. The van der Waals surface area contributed by atoms with Crippen LogP contribution in [0.25, 0.3) is 10.1 Å². The van der Waals surface area contributed by atoms with Crippen molar-refractivity contribution in [3.8, 4) is 5.75 Å². The van der Waals surface area contributed by atoms with Crippen LogP contribution in [0.4, 0.5) is 10.1 Å². The van der Waals surface area contributed by atoms with Gasteiger partial charge in [-0.25, -0.2) is 12.8 Å². The Hall–Kier alpha value is -2.49. The summed E-state index contributed by atoms with van der Waals surface area (Å²) in [6.45, 7) is 0.127. The van der Waals surface area contributed by atoms with Crippen LogP contribution in [-0.2, 0) is 21.2 Å². The van der Waals surface area contributed by atoms with Gasteiger partial charge in [0.2, 0.25) is 0 Å².